The molecule has 6 nitrogen and oxygen atoms in total. The minimum Gasteiger partial charge on any atom is -0.342 e. The highest BCUT2D eigenvalue weighted by molar-refractivity contribution is 5.96. The van der Waals surface area contributed by atoms with Crippen LogP contribution in [-0.4, -0.2) is 54.2 Å². The fourth-order valence-corrected chi connectivity index (χ4v) is 3.50. The van der Waals surface area contributed by atoms with Gasteiger partial charge in [0.2, 0.25) is 17.7 Å². The van der Waals surface area contributed by atoms with Gasteiger partial charge in [0.25, 0.3) is 0 Å². The van der Waals surface area contributed by atoms with E-state index in [0.717, 1.165) is 12.0 Å². The third-order valence-electron chi connectivity index (χ3n) is 5.17. The van der Waals surface area contributed by atoms with Gasteiger partial charge < -0.3 is 15.1 Å². The lowest BCUT2D eigenvalue weighted by atomic mass is 10.1. The van der Waals surface area contributed by atoms with E-state index in [1.54, 1.807) is 11.9 Å². The number of carbonyl (C=O) groups is 3. The molecule has 6 heteroatoms. The number of benzene rings is 2. The zero-order valence-corrected chi connectivity index (χ0v) is 16.9. The second kappa shape index (κ2) is 9.37. The van der Waals surface area contributed by atoms with Crippen LogP contribution in [0.15, 0.2) is 54.6 Å². The molecule has 1 fully saturated rings. The van der Waals surface area contributed by atoms with E-state index < -0.39 is 5.92 Å². The molecule has 1 aliphatic rings. The SMILES string of the molecule is Cc1ccc(NC(=O)CN(C)C(=O)C2CC(=O)N(CCc3ccccc3)C2)cc1. The first-order valence-electron chi connectivity index (χ1n) is 9.85. The number of aryl methyl sites for hydroxylation is 1. The molecule has 1 saturated heterocycles. The molecule has 29 heavy (non-hydrogen) atoms. The van der Waals surface area contributed by atoms with Crippen molar-refractivity contribution in [1.29, 1.82) is 0 Å². The molecular formula is C23H27N3O3. The van der Waals surface area contributed by atoms with Crippen LogP contribution in [0.2, 0.25) is 0 Å². The average molecular weight is 393 g/mol. The Morgan fingerprint density at radius 2 is 1.79 bits per heavy atom. The summed E-state index contributed by atoms with van der Waals surface area (Å²) in [5, 5.41) is 2.79. The average Bonchev–Trinajstić information content (AvgIpc) is 3.09. The van der Waals surface area contributed by atoms with Crippen molar-refractivity contribution >= 4 is 23.4 Å². The molecule has 2 aromatic rings. The molecule has 0 radical (unpaired) electrons. The van der Waals surface area contributed by atoms with Gasteiger partial charge in [-0.15, -0.1) is 0 Å². The minimum atomic E-state index is -0.393. The predicted molar refractivity (Wildman–Crippen MR) is 112 cm³/mol. The highest BCUT2D eigenvalue weighted by Crippen LogP contribution is 2.20. The zero-order chi connectivity index (χ0) is 20.8. The third kappa shape index (κ3) is 5.67. The largest absolute Gasteiger partial charge is 0.342 e. The molecule has 0 bridgehead atoms. The van der Waals surface area contributed by atoms with Crippen molar-refractivity contribution in [2.24, 2.45) is 5.92 Å². The van der Waals surface area contributed by atoms with Crippen LogP contribution >= 0.6 is 0 Å². The van der Waals surface area contributed by atoms with Crippen LogP contribution < -0.4 is 5.32 Å². The maximum atomic E-state index is 12.7. The molecule has 152 valence electrons. The van der Waals surface area contributed by atoms with Gasteiger partial charge in [-0.1, -0.05) is 48.0 Å². The molecule has 1 N–H and O–H groups in total. The summed E-state index contributed by atoms with van der Waals surface area (Å²) in [6.45, 7) is 2.95. The lowest BCUT2D eigenvalue weighted by Crippen LogP contribution is -2.39. The van der Waals surface area contributed by atoms with Crippen molar-refractivity contribution in [1.82, 2.24) is 9.80 Å². The number of amides is 3. The smallest absolute Gasteiger partial charge is 0.243 e. The normalized spacial score (nSPS) is 16.0. The Hall–Kier alpha value is -3.15. The second-order valence-electron chi connectivity index (χ2n) is 7.58. The second-order valence-corrected chi connectivity index (χ2v) is 7.58. The Labute approximate surface area is 171 Å². The highest BCUT2D eigenvalue weighted by Gasteiger charge is 2.35. The molecule has 3 rings (SSSR count). The van der Waals surface area contributed by atoms with Crippen LogP contribution in [-0.2, 0) is 20.8 Å². The van der Waals surface area contributed by atoms with Crippen molar-refractivity contribution in [2.45, 2.75) is 19.8 Å². The van der Waals surface area contributed by atoms with Crippen LogP contribution in [0, 0.1) is 12.8 Å². The van der Waals surface area contributed by atoms with E-state index in [2.05, 4.69) is 5.32 Å². The first-order valence-corrected chi connectivity index (χ1v) is 9.85. The first-order chi connectivity index (χ1) is 13.9. The maximum Gasteiger partial charge on any atom is 0.243 e. The zero-order valence-electron chi connectivity index (χ0n) is 16.9. The summed E-state index contributed by atoms with van der Waals surface area (Å²) in [6.07, 6.45) is 0.972. The van der Waals surface area contributed by atoms with Crippen molar-refractivity contribution in [2.75, 3.05) is 32.0 Å². The lowest BCUT2D eigenvalue weighted by molar-refractivity contribution is -0.137. The topological polar surface area (TPSA) is 69.7 Å². The van der Waals surface area contributed by atoms with Gasteiger partial charge in [0.05, 0.1) is 12.5 Å². The molecule has 1 atom stereocenters. The van der Waals surface area contributed by atoms with E-state index in [1.165, 1.54) is 10.5 Å². The Bertz CT molecular complexity index is 865. The first kappa shape index (κ1) is 20.6. The third-order valence-corrected chi connectivity index (χ3v) is 5.17. The molecule has 0 spiro atoms. The van der Waals surface area contributed by atoms with Crippen LogP contribution in [0.4, 0.5) is 5.69 Å². The summed E-state index contributed by atoms with van der Waals surface area (Å²) >= 11 is 0. The molecular weight excluding hydrogens is 366 g/mol. The number of anilines is 1. The molecule has 0 aromatic heterocycles. The number of carbonyl (C=O) groups excluding carboxylic acids is 3. The number of rotatable bonds is 7. The number of nitrogens with one attached hydrogen (secondary N) is 1. The van der Waals surface area contributed by atoms with E-state index in [0.29, 0.717) is 18.8 Å². The van der Waals surface area contributed by atoms with Gasteiger partial charge >= 0.3 is 0 Å². The van der Waals surface area contributed by atoms with Crippen molar-refractivity contribution in [3.63, 3.8) is 0 Å². The molecule has 0 saturated carbocycles. The Morgan fingerprint density at radius 1 is 1.10 bits per heavy atom. The monoisotopic (exact) mass is 393 g/mol. The fraction of sp³-hybridized carbons (Fsp3) is 0.348. The Morgan fingerprint density at radius 3 is 2.48 bits per heavy atom. The molecule has 1 heterocycles. The van der Waals surface area contributed by atoms with Crippen LogP contribution in [0.3, 0.4) is 0 Å². The standard InChI is InChI=1S/C23H27N3O3/c1-17-8-10-20(11-9-17)24-21(27)16-25(2)23(29)19-14-22(28)26(15-19)13-12-18-6-4-3-5-7-18/h3-11,19H,12-16H2,1-2H3,(H,24,27). The van der Waals surface area contributed by atoms with Crippen molar-refractivity contribution in [3.8, 4) is 0 Å². The van der Waals surface area contributed by atoms with E-state index in [9.17, 15) is 14.4 Å². The highest BCUT2D eigenvalue weighted by atomic mass is 16.2. The van der Waals surface area contributed by atoms with E-state index in [4.69, 9.17) is 0 Å². The summed E-state index contributed by atoms with van der Waals surface area (Å²) in [5.74, 6) is -0.818. The predicted octanol–water partition coefficient (Wildman–Crippen LogP) is 2.48. The maximum absolute atomic E-state index is 12.7. The van der Waals surface area contributed by atoms with E-state index >= 15 is 0 Å². The quantitative estimate of drug-likeness (QED) is 0.786. The molecule has 1 unspecified atom stereocenters. The van der Waals surface area contributed by atoms with Crippen molar-refractivity contribution in [3.05, 3.63) is 65.7 Å². The van der Waals surface area contributed by atoms with Crippen LogP contribution in [0.1, 0.15) is 17.5 Å². The lowest BCUT2D eigenvalue weighted by Gasteiger charge is -2.21. The van der Waals surface area contributed by atoms with Gasteiger partial charge in [0, 0.05) is 32.2 Å². The number of hydrogen-bond acceptors (Lipinski definition) is 3. The number of likely N-dealkylation sites (tertiary alicyclic amines) is 1. The number of nitrogens with zero attached hydrogens (tertiary/aromatic N) is 2. The molecule has 3 amide bonds. The minimum absolute atomic E-state index is 0.00297. The fourth-order valence-electron chi connectivity index (χ4n) is 3.50. The molecule has 2 aromatic carbocycles. The van der Waals surface area contributed by atoms with E-state index in [-0.39, 0.29) is 30.7 Å². The summed E-state index contributed by atoms with van der Waals surface area (Å²) in [6, 6.07) is 17.5. The van der Waals surface area contributed by atoms with Crippen molar-refractivity contribution < 1.29 is 14.4 Å². The Balaban J connectivity index is 1.48. The Kier molecular flexibility index (Phi) is 6.65. The number of likely N-dealkylation sites (N-methyl/N-ethyl adjacent to an activating group) is 1. The van der Waals surface area contributed by atoms with Gasteiger partial charge in [0.1, 0.15) is 0 Å². The summed E-state index contributed by atoms with van der Waals surface area (Å²) < 4.78 is 0. The van der Waals surface area contributed by atoms with Gasteiger partial charge in [-0.2, -0.15) is 0 Å². The number of hydrogen-bond donors (Lipinski definition) is 1. The molecule has 1 aliphatic heterocycles. The van der Waals surface area contributed by atoms with Gasteiger partial charge in [-0.25, -0.2) is 0 Å². The molecule has 0 aliphatic carbocycles. The van der Waals surface area contributed by atoms with Gasteiger partial charge in [-0.3, -0.25) is 14.4 Å². The van der Waals surface area contributed by atoms with Crippen LogP contribution in [0.5, 0.6) is 0 Å². The van der Waals surface area contributed by atoms with E-state index in [1.807, 2.05) is 61.5 Å². The van der Waals surface area contributed by atoms with Crippen LogP contribution in [0.25, 0.3) is 0 Å². The van der Waals surface area contributed by atoms with Gasteiger partial charge in [0.15, 0.2) is 0 Å². The summed E-state index contributed by atoms with van der Waals surface area (Å²) in [4.78, 5) is 40.4. The summed E-state index contributed by atoms with van der Waals surface area (Å²) in [7, 11) is 1.61. The summed E-state index contributed by atoms with van der Waals surface area (Å²) in [5.41, 5.74) is 2.97. The van der Waals surface area contributed by atoms with Gasteiger partial charge in [-0.05, 0) is 31.0 Å².